The molecule has 0 aliphatic carbocycles. The fraction of sp³-hybridized carbons (Fsp3) is 0.333. The summed E-state index contributed by atoms with van der Waals surface area (Å²) in [6, 6.07) is 7.35. The molecule has 4 rings (SSSR count). The molecule has 162 valence electrons. The van der Waals surface area contributed by atoms with E-state index in [0.717, 1.165) is 45.3 Å². The van der Waals surface area contributed by atoms with Crippen LogP contribution in [-0.4, -0.2) is 28.5 Å². The number of rotatable bonds is 4. The molecule has 6 nitrogen and oxygen atoms in total. The number of ether oxygens (including phenoxy) is 2. The normalized spacial score (nSPS) is 20.5. The first-order chi connectivity index (χ1) is 14.6. The molecule has 2 N–H and O–H groups in total. The lowest BCUT2D eigenvalue weighted by Crippen LogP contribution is -2.34. The molecule has 0 spiro atoms. The maximum Gasteiger partial charge on any atom is 0.290 e. The lowest BCUT2D eigenvalue weighted by molar-refractivity contribution is -0.115. The number of imide groups is 1. The molecule has 31 heavy (non-hydrogen) atoms. The highest BCUT2D eigenvalue weighted by atomic mass is 32.2. The van der Waals surface area contributed by atoms with Crippen molar-refractivity contribution in [3.63, 3.8) is 0 Å². The number of aromatic hydroxyl groups is 1. The zero-order valence-electron chi connectivity index (χ0n) is 18.2. The number of carbonyl (C=O) groups excluding carboxylic acids is 2. The van der Waals surface area contributed by atoms with Crippen LogP contribution in [-0.2, 0) is 4.79 Å². The van der Waals surface area contributed by atoms with E-state index in [1.807, 2.05) is 58.9 Å². The second-order valence-electron chi connectivity index (χ2n) is 8.46. The number of amides is 2. The maximum atomic E-state index is 11.7. The van der Waals surface area contributed by atoms with E-state index in [-0.39, 0.29) is 17.1 Å². The van der Waals surface area contributed by atoms with E-state index in [1.54, 1.807) is 6.08 Å². The van der Waals surface area contributed by atoms with Gasteiger partial charge in [0.1, 0.15) is 22.8 Å². The van der Waals surface area contributed by atoms with Gasteiger partial charge in [0, 0.05) is 5.56 Å². The lowest BCUT2D eigenvalue weighted by Gasteiger charge is -2.26. The van der Waals surface area contributed by atoms with Crippen molar-refractivity contribution >= 4 is 29.0 Å². The second kappa shape index (κ2) is 7.64. The van der Waals surface area contributed by atoms with Crippen LogP contribution in [0.4, 0.5) is 4.79 Å². The molecule has 2 heterocycles. The molecule has 2 aliphatic rings. The number of carbonyl (C=O) groups is 2. The Hall–Kier alpha value is -2.93. The van der Waals surface area contributed by atoms with E-state index in [9.17, 15) is 14.7 Å². The van der Waals surface area contributed by atoms with Crippen LogP contribution in [0.5, 0.6) is 17.2 Å². The standard InChI is InChI=1S/C24H25NO5S/c1-12-13(2)21-19(14(3)20(12)26)17(24(4,5)30-21)11-29-16-8-6-15(7-9-16)10-18-22(27)25-23(28)31-18/h6-10,17,26H,11H2,1-5H3,(H,25,27,28)/b18-10-. The average Bonchev–Trinajstić information content (AvgIpc) is 3.18. The first-order valence-corrected chi connectivity index (χ1v) is 10.9. The highest BCUT2D eigenvalue weighted by Gasteiger charge is 2.44. The zero-order chi connectivity index (χ0) is 22.5. The number of nitrogens with one attached hydrogen (secondary N) is 1. The van der Waals surface area contributed by atoms with Crippen LogP contribution >= 0.6 is 11.8 Å². The molecule has 1 saturated heterocycles. The summed E-state index contributed by atoms with van der Waals surface area (Å²) in [7, 11) is 0. The van der Waals surface area contributed by atoms with Gasteiger partial charge in [0.15, 0.2) is 0 Å². The average molecular weight is 440 g/mol. The van der Waals surface area contributed by atoms with Crippen molar-refractivity contribution < 1.29 is 24.2 Å². The minimum Gasteiger partial charge on any atom is -0.507 e. The van der Waals surface area contributed by atoms with Gasteiger partial charge in [-0.2, -0.15) is 0 Å². The van der Waals surface area contributed by atoms with Gasteiger partial charge in [-0.15, -0.1) is 0 Å². The largest absolute Gasteiger partial charge is 0.507 e. The van der Waals surface area contributed by atoms with Gasteiger partial charge in [0.2, 0.25) is 0 Å². The Morgan fingerprint density at radius 1 is 1.13 bits per heavy atom. The fourth-order valence-electron chi connectivity index (χ4n) is 4.06. The monoisotopic (exact) mass is 439 g/mol. The van der Waals surface area contributed by atoms with Gasteiger partial charge in [0.25, 0.3) is 11.1 Å². The number of benzene rings is 2. The second-order valence-corrected chi connectivity index (χ2v) is 9.47. The molecular formula is C24H25NO5S. The van der Waals surface area contributed by atoms with E-state index >= 15 is 0 Å². The van der Waals surface area contributed by atoms with Gasteiger partial charge < -0.3 is 14.6 Å². The summed E-state index contributed by atoms with van der Waals surface area (Å²) in [5.74, 6) is 1.43. The summed E-state index contributed by atoms with van der Waals surface area (Å²) in [5, 5.41) is 12.4. The first kappa shape index (κ1) is 21.3. The molecule has 7 heteroatoms. The van der Waals surface area contributed by atoms with Crippen LogP contribution in [0.3, 0.4) is 0 Å². The minimum absolute atomic E-state index is 0.0425. The third-order valence-corrected chi connectivity index (χ3v) is 6.86. The van der Waals surface area contributed by atoms with Crippen LogP contribution < -0.4 is 14.8 Å². The van der Waals surface area contributed by atoms with Crippen molar-refractivity contribution in [3.8, 4) is 17.2 Å². The van der Waals surface area contributed by atoms with Gasteiger partial charge in [-0.1, -0.05) is 12.1 Å². The van der Waals surface area contributed by atoms with E-state index in [2.05, 4.69) is 5.32 Å². The highest BCUT2D eigenvalue weighted by molar-refractivity contribution is 8.18. The molecular weight excluding hydrogens is 414 g/mol. The van der Waals surface area contributed by atoms with Crippen molar-refractivity contribution in [3.05, 3.63) is 57.0 Å². The zero-order valence-corrected chi connectivity index (χ0v) is 19.0. The molecule has 2 aromatic rings. The van der Waals surface area contributed by atoms with Crippen LogP contribution in [0, 0.1) is 20.8 Å². The smallest absolute Gasteiger partial charge is 0.290 e. The highest BCUT2D eigenvalue weighted by Crippen LogP contribution is 2.51. The summed E-state index contributed by atoms with van der Waals surface area (Å²) < 4.78 is 12.4. The summed E-state index contributed by atoms with van der Waals surface area (Å²) in [5.41, 5.74) is 3.97. The van der Waals surface area contributed by atoms with Crippen molar-refractivity contribution in [1.82, 2.24) is 5.32 Å². The minimum atomic E-state index is -0.470. The quantitative estimate of drug-likeness (QED) is 0.654. The molecule has 2 aromatic carbocycles. The topological polar surface area (TPSA) is 84.9 Å². The maximum absolute atomic E-state index is 11.7. The Bertz CT molecular complexity index is 1120. The first-order valence-electron chi connectivity index (χ1n) is 10.1. The Kier molecular flexibility index (Phi) is 5.25. The van der Waals surface area contributed by atoms with E-state index < -0.39 is 5.60 Å². The third kappa shape index (κ3) is 3.78. The Morgan fingerprint density at radius 3 is 2.42 bits per heavy atom. The summed E-state index contributed by atoms with van der Waals surface area (Å²) in [4.78, 5) is 23.4. The van der Waals surface area contributed by atoms with Crippen molar-refractivity contribution in [2.24, 2.45) is 0 Å². The SMILES string of the molecule is Cc1c(C)c2c(c(C)c1O)C(COc1ccc(/C=C3\SC(=O)NC3=O)cc1)C(C)(C)O2. The van der Waals surface area contributed by atoms with Gasteiger partial charge in [-0.3, -0.25) is 14.9 Å². The number of hydrogen-bond acceptors (Lipinski definition) is 6. The number of hydrogen-bond donors (Lipinski definition) is 2. The number of phenols is 1. The van der Waals surface area contributed by atoms with E-state index in [0.29, 0.717) is 23.0 Å². The Morgan fingerprint density at radius 2 is 1.81 bits per heavy atom. The van der Waals surface area contributed by atoms with Gasteiger partial charge in [-0.25, -0.2) is 0 Å². The third-order valence-electron chi connectivity index (χ3n) is 6.05. The Labute approximate surface area is 185 Å². The van der Waals surface area contributed by atoms with Crippen molar-refractivity contribution in [2.45, 2.75) is 46.1 Å². The molecule has 0 saturated carbocycles. The number of thioether (sulfide) groups is 1. The molecule has 0 bridgehead atoms. The van der Waals surface area contributed by atoms with Crippen LogP contribution in [0.25, 0.3) is 6.08 Å². The fourth-order valence-corrected chi connectivity index (χ4v) is 4.74. The molecule has 0 radical (unpaired) electrons. The molecule has 1 fully saturated rings. The van der Waals surface area contributed by atoms with Crippen LogP contribution in [0.1, 0.15) is 47.6 Å². The molecule has 2 aliphatic heterocycles. The number of phenolic OH excluding ortho intramolecular Hbond substituents is 1. The summed E-state index contributed by atoms with van der Waals surface area (Å²) in [6.45, 7) is 10.3. The molecule has 1 unspecified atom stereocenters. The Balaban J connectivity index is 1.53. The summed E-state index contributed by atoms with van der Waals surface area (Å²) >= 11 is 0.894. The summed E-state index contributed by atoms with van der Waals surface area (Å²) in [6.07, 6.45) is 1.68. The molecule has 2 amide bonds. The molecule has 0 aromatic heterocycles. The predicted molar refractivity (Wildman–Crippen MR) is 121 cm³/mol. The molecule has 1 atom stereocenters. The van der Waals surface area contributed by atoms with Gasteiger partial charge in [-0.05, 0) is 86.8 Å². The van der Waals surface area contributed by atoms with Crippen LogP contribution in [0.15, 0.2) is 29.2 Å². The van der Waals surface area contributed by atoms with Gasteiger partial charge >= 0.3 is 0 Å². The van der Waals surface area contributed by atoms with E-state index in [1.165, 1.54) is 0 Å². The van der Waals surface area contributed by atoms with Crippen molar-refractivity contribution in [1.29, 1.82) is 0 Å². The van der Waals surface area contributed by atoms with Gasteiger partial charge in [0.05, 0.1) is 17.4 Å². The predicted octanol–water partition coefficient (Wildman–Crippen LogP) is 4.97. The lowest BCUT2D eigenvalue weighted by atomic mass is 9.83. The van der Waals surface area contributed by atoms with Crippen molar-refractivity contribution in [2.75, 3.05) is 6.61 Å². The van der Waals surface area contributed by atoms with E-state index in [4.69, 9.17) is 9.47 Å². The number of fused-ring (bicyclic) bond motifs is 1. The van der Waals surface area contributed by atoms with Crippen LogP contribution in [0.2, 0.25) is 0 Å².